The molecule has 132 valence electrons. The van der Waals surface area contributed by atoms with Crippen molar-refractivity contribution in [3.63, 3.8) is 0 Å². The number of nitrogens with zero attached hydrogens (tertiary/aromatic N) is 2. The van der Waals surface area contributed by atoms with Crippen LogP contribution in [-0.2, 0) is 4.79 Å². The Morgan fingerprint density at radius 2 is 2.00 bits per heavy atom. The predicted octanol–water partition coefficient (Wildman–Crippen LogP) is 3.24. The van der Waals surface area contributed by atoms with Crippen molar-refractivity contribution in [2.24, 2.45) is 0 Å². The van der Waals surface area contributed by atoms with Gasteiger partial charge in [-0.2, -0.15) is 0 Å². The lowest BCUT2D eigenvalue weighted by atomic mass is 10.1. The van der Waals surface area contributed by atoms with E-state index in [2.05, 4.69) is 20.5 Å². The van der Waals surface area contributed by atoms with Gasteiger partial charge in [0, 0.05) is 17.3 Å². The molecule has 4 rings (SSSR count). The van der Waals surface area contributed by atoms with Crippen LogP contribution in [0.3, 0.4) is 0 Å². The number of aromatic nitrogens is 3. The van der Waals surface area contributed by atoms with Crippen LogP contribution in [0, 0.1) is 6.92 Å². The van der Waals surface area contributed by atoms with Gasteiger partial charge in [0.05, 0.1) is 5.75 Å². The second kappa shape index (κ2) is 7.09. The number of benzene rings is 2. The number of anilines is 1. The van der Waals surface area contributed by atoms with E-state index >= 15 is 0 Å². The van der Waals surface area contributed by atoms with Gasteiger partial charge in [0.25, 0.3) is 0 Å². The molecule has 0 radical (unpaired) electrons. The Bertz CT molecular complexity index is 940. The molecule has 0 bridgehead atoms. The van der Waals surface area contributed by atoms with Gasteiger partial charge in [0.2, 0.25) is 17.9 Å². The fourth-order valence-electron chi connectivity index (χ4n) is 2.45. The van der Waals surface area contributed by atoms with E-state index in [0.717, 1.165) is 5.56 Å². The Labute approximate surface area is 154 Å². The van der Waals surface area contributed by atoms with Gasteiger partial charge in [0.1, 0.15) is 0 Å². The van der Waals surface area contributed by atoms with Gasteiger partial charge in [0.15, 0.2) is 17.3 Å². The monoisotopic (exact) mass is 368 g/mol. The molecule has 0 saturated carbocycles. The molecule has 0 spiro atoms. The van der Waals surface area contributed by atoms with Crippen molar-refractivity contribution in [3.8, 4) is 22.9 Å². The van der Waals surface area contributed by atoms with E-state index in [1.165, 1.54) is 17.3 Å². The maximum atomic E-state index is 12.1. The molecule has 8 heteroatoms. The zero-order valence-corrected chi connectivity index (χ0v) is 14.8. The van der Waals surface area contributed by atoms with E-state index in [1.807, 2.05) is 31.2 Å². The van der Waals surface area contributed by atoms with Gasteiger partial charge in [-0.3, -0.25) is 9.89 Å². The molecule has 0 aliphatic carbocycles. The van der Waals surface area contributed by atoms with Crippen LogP contribution in [0.25, 0.3) is 11.4 Å². The number of nitrogens with one attached hydrogen (secondary N) is 2. The highest BCUT2D eigenvalue weighted by Crippen LogP contribution is 2.34. The van der Waals surface area contributed by atoms with Gasteiger partial charge in [-0.25, -0.2) is 4.98 Å². The minimum absolute atomic E-state index is 0.143. The van der Waals surface area contributed by atoms with E-state index in [-0.39, 0.29) is 18.5 Å². The second-order valence-corrected chi connectivity index (χ2v) is 6.68. The van der Waals surface area contributed by atoms with Crippen molar-refractivity contribution >= 4 is 23.4 Å². The molecule has 0 saturated heterocycles. The van der Waals surface area contributed by atoms with E-state index < -0.39 is 0 Å². The smallest absolute Gasteiger partial charge is 0.234 e. The summed E-state index contributed by atoms with van der Waals surface area (Å²) in [5.74, 6) is 2.06. The zero-order chi connectivity index (χ0) is 17.9. The molecule has 0 unspecified atom stereocenters. The molecule has 2 aromatic carbocycles. The lowest BCUT2D eigenvalue weighted by Crippen LogP contribution is -2.14. The van der Waals surface area contributed by atoms with Crippen LogP contribution < -0.4 is 14.8 Å². The first-order chi connectivity index (χ1) is 12.7. The SMILES string of the molecule is Cc1ccc(-c2nc(SCC(=O)Nc3ccc4c(c3)OCO4)n[nH]2)cc1. The first kappa shape index (κ1) is 16.5. The quantitative estimate of drug-likeness (QED) is 0.672. The minimum Gasteiger partial charge on any atom is -0.454 e. The molecular formula is C18H16N4O3S. The Morgan fingerprint density at radius 1 is 1.19 bits per heavy atom. The third-order valence-corrected chi connectivity index (χ3v) is 4.63. The molecule has 3 aromatic rings. The summed E-state index contributed by atoms with van der Waals surface area (Å²) in [4.78, 5) is 16.5. The highest BCUT2D eigenvalue weighted by atomic mass is 32.2. The number of hydrogen-bond acceptors (Lipinski definition) is 6. The fraction of sp³-hybridized carbons (Fsp3) is 0.167. The molecule has 2 heterocycles. The van der Waals surface area contributed by atoms with Crippen LogP contribution in [0.1, 0.15) is 5.56 Å². The van der Waals surface area contributed by atoms with Gasteiger partial charge in [-0.05, 0) is 19.1 Å². The average molecular weight is 368 g/mol. The van der Waals surface area contributed by atoms with E-state index in [9.17, 15) is 4.79 Å². The topological polar surface area (TPSA) is 89.1 Å². The number of hydrogen-bond donors (Lipinski definition) is 2. The molecule has 0 fully saturated rings. The third-order valence-electron chi connectivity index (χ3n) is 3.78. The lowest BCUT2D eigenvalue weighted by Gasteiger charge is -2.05. The number of aryl methyl sites for hydroxylation is 1. The second-order valence-electron chi connectivity index (χ2n) is 5.74. The minimum atomic E-state index is -0.143. The maximum Gasteiger partial charge on any atom is 0.234 e. The van der Waals surface area contributed by atoms with Crippen LogP contribution in [0.4, 0.5) is 5.69 Å². The highest BCUT2D eigenvalue weighted by Gasteiger charge is 2.14. The van der Waals surface area contributed by atoms with E-state index in [1.54, 1.807) is 18.2 Å². The number of H-pyrrole nitrogens is 1. The zero-order valence-electron chi connectivity index (χ0n) is 14.0. The van der Waals surface area contributed by atoms with Gasteiger partial charge < -0.3 is 14.8 Å². The molecule has 26 heavy (non-hydrogen) atoms. The molecule has 2 N–H and O–H groups in total. The number of carbonyl (C=O) groups is 1. The number of ether oxygens (including phenoxy) is 2. The summed E-state index contributed by atoms with van der Waals surface area (Å²) >= 11 is 1.27. The summed E-state index contributed by atoms with van der Waals surface area (Å²) in [6, 6.07) is 13.3. The van der Waals surface area contributed by atoms with Crippen molar-refractivity contribution in [3.05, 3.63) is 48.0 Å². The van der Waals surface area contributed by atoms with Crippen LogP contribution >= 0.6 is 11.8 Å². The van der Waals surface area contributed by atoms with Crippen LogP contribution in [0.5, 0.6) is 11.5 Å². The van der Waals surface area contributed by atoms with E-state index in [4.69, 9.17) is 9.47 Å². The largest absolute Gasteiger partial charge is 0.454 e. The Hall–Kier alpha value is -3.00. The number of rotatable bonds is 5. The Balaban J connectivity index is 1.34. The Kier molecular flexibility index (Phi) is 4.49. The third kappa shape index (κ3) is 3.65. The molecule has 1 amide bonds. The number of fused-ring (bicyclic) bond motifs is 1. The first-order valence-corrected chi connectivity index (χ1v) is 8.98. The Morgan fingerprint density at radius 3 is 2.85 bits per heavy atom. The molecule has 0 atom stereocenters. The van der Waals surface area contributed by atoms with Crippen molar-refractivity contribution < 1.29 is 14.3 Å². The van der Waals surface area contributed by atoms with Gasteiger partial charge in [-0.1, -0.05) is 41.6 Å². The normalized spacial score (nSPS) is 12.2. The summed E-state index contributed by atoms with van der Waals surface area (Å²) in [5, 5.41) is 10.4. The predicted molar refractivity (Wildman–Crippen MR) is 98.5 cm³/mol. The molecule has 1 aliphatic heterocycles. The highest BCUT2D eigenvalue weighted by molar-refractivity contribution is 7.99. The summed E-state index contributed by atoms with van der Waals surface area (Å²) in [7, 11) is 0. The van der Waals surface area contributed by atoms with Gasteiger partial charge >= 0.3 is 0 Å². The standard InChI is InChI=1S/C18H16N4O3S/c1-11-2-4-12(5-3-11)17-20-18(22-21-17)26-9-16(23)19-13-6-7-14-15(8-13)25-10-24-14/h2-8H,9-10H2,1H3,(H,19,23)(H,20,21,22). The summed E-state index contributed by atoms with van der Waals surface area (Å²) in [6.45, 7) is 2.24. The molecule has 1 aromatic heterocycles. The number of aromatic amines is 1. The summed E-state index contributed by atoms with van der Waals surface area (Å²) < 4.78 is 10.5. The first-order valence-electron chi connectivity index (χ1n) is 7.99. The van der Waals surface area contributed by atoms with Crippen LogP contribution in [0.2, 0.25) is 0 Å². The molecular weight excluding hydrogens is 352 g/mol. The molecule has 7 nitrogen and oxygen atoms in total. The summed E-state index contributed by atoms with van der Waals surface area (Å²) in [6.07, 6.45) is 0. The molecule has 1 aliphatic rings. The fourth-order valence-corrected chi connectivity index (χ4v) is 3.05. The lowest BCUT2D eigenvalue weighted by molar-refractivity contribution is -0.113. The number of amides is 1. The van der Waals surface area contributed by atoms with Gasteiger partial charge in [-0.15, -0.1) is 5.10 Å². The van der Waals surface area contributed by atoms with Crippen molar-refractivity contribution in [2.75, 3.05) is 17.9 Å². The van der Waals surface area contributed by atoms with Crippen LogP contribution in [-0.4, -0.2) is 33.6 Å². The number of thioether (sulfide) groups is 1. The van der Waals surface area contributed by atoms with Crippen LogP contribution in [0.15, 0.2) is 47.6 Å². The van der Waals surface area contributed by atoms with Crippen molar-refractivity contribution in [2.45, 2.75) is 12.1 Å². The van der Waals surface area contributed by atoms with Crippen molar-refractivity contribution in [1.82, 2.24) is 15.2 Å². The average Bonchev–Trinajstić information content (AvgIpc) is 3.29. The van der Waals surface area contributed by atoms with E-state index in [0.29, 0.717) is 28.2 Å². The maximum absolute atomic E-state index is 12.1. The number of carbonyl (C=O) groups excluding carboxylic acids is 1. The van der Waals surface area contributed by atoms with Crippen molar-refractivity contribution in [1.29, 1.82) is 0 Å². The summed E-state index contributed by atoms with van der Waals surface area (Å²) in [5.41, 5.74) is 2.80.